The fourth-order valence-corrected chi connectivity index (χ4v) is 5.88. The van der Waals surface area contributed by atoms with Crippen LogP contribution in [0.2, 0.25) is 0 Å². The van der Waals surface area contributed by atoms with Crippen LogP contribution in [0.15, 0.2) is 36.7 Å². The molecule has 1 aliphatic heterocycles. The minimum atomic E-state index is -4.60. The molecular formula is C21H19F4N3O3. The smallest absolute Gasteiger partial charge is 0.418 e. The minimum Gasteiger partial charge on any atom is -0.480 e. The maximum atomic E-state index is 14.3. The number of likely N-dealkylation sites (tertiary alicyclic amines) is 1. The topological polar surface area (TPSA) is 75.4 Å². The average Bonchev–Trinajstić information content (AvgIpc) is 3.46. The molecule has 10 heteroatoms. The zero-order valence-corrected chi connectivity index (χ0v) is 16.2. The van der Waals surface area contributed by atoms with Crippen molar-refractivity contribution in [2.24, 2.45) is 23.7 Å². The van der Waals surface area contributed by atoms with Crippen molar-refractivity contribution in [1.82, 2.24) is 14.7 Å². The number of halogens is 4. The molecule has 31 heavy (non-hydrogen) atoms. The first-order chi connectivity index (χ1) is 14.7. The zero-order chi connectivity index (χ0) is 22.1. The quantitative estimate of drug-likeness (QED) is 0.747. The van der Waals surface area contributed by atoms with Crippen LogP contribution in [0, 0.1) is 23.7 Å². The first kappa shape index (κ1) is 20.0. The summed E-state index contributed by atoms with van der Waals surface area (Å²) in [5.74, 6) is -2.61. The molecule has 1 saturated heterocycles. The number of fused-ring (bicyclic) bond motifs is 5. The molecule has 2 saturated carbocycles. The lowest BCUT2D eigenvalue weighted by Gasteiger charge is -2.29. The maximum Gasteiger partial charge on any atom is 0.418 e. The number of carboxylic acid groups (broad SMARTS) is 1. The Hall–Kier alpha value is -2.91. The standard InChI is InChI=1S/C21H19F4N3O3/c22-15-6-10-5-12(15)17-13(10)9-27(18(17)20(30)31)19(29)11-7-26-28(8-11)16-4-2-1-3-14(16)21(23,24)25/h1-4,7-8,10,12-13,15,17-18H,5-6,9H2,(H,30,31)/t10-,12+,13+,15+,17-,18-/m0/s1. The van der Waals surface area contributed by atoms with Crippen LogP contribution in [0.25, 0.3) is 5.69 Å². The first-order valence-corrected chi connectivity index (χ1v) is 10.1. The van der Waals surface area contributed by atoms with Gasteiger partial charge in [0.2, 0.25) is 0 Å². The molecule has 0 unspecified atom stereocenters. The molecular weight excluding hydrogens is 418 g/mol. The van der Waals surface area contributed by atoms with E-state index in [2.05, 4.69) is 5.10 Å². The first-order valence-electron chi connectivity index (χ1n) is 10.1. The number of para-hydroxylation sites is 1. The highest BCUT2D eigenvalue weighted by Gasteiger charge is 2.62. The second-order valence-electron chi connectivity index (χ2n) is 8.58. The highest BCUT2D eigenvalue weighted by molar-refractivity contribution is 5.97. The fraction of sp³-hybridized carbons (Fsp3) is 0.476. The predicted molar refractivity (Wildman–Crippen MR) is 99.1 cm³/mol. The molecule has 164 valence electrons. The highest BCUT2D eigenvalue weighted by Crippen LogP contribution is 2.58. The van der Waals surface area contributed by atoms with Gasteiger partial charge in [0.05, 0.1) is 23.0 Å². The molecule has 2 aliphatic carbocycles. The van der Waals surface area contributed by atoms with Crippen molar-refractivity contribution in [1.29, 1.82) is 0 Å². The number of amides is 1. The van der Waals surface area contributed by atoms with E-state index in [-0.39, 0.29) is 35.5 Å². The second kappa shape index (κ2) is 6.80. The monoisotopic (exact) mass is 437 g/mol. The number of carbonyl (C=O) groups excluding carboxylic acids is 1. The zero-order valence-electron chi connectivity index (χ0n) is 16.2. The Balaban J connectivity index is 1.45. The summed E-state index contributed by atoms with van der Waals surface area (Å²) in [6, 6.07) is 3.71. The predicted octanol–water partition coefficient (Wildman–Crippen LogP) is 3.41. The van der Waals surface area contributed by atoms with Gasteiger partial charge in [0, 0.05) is 18.7 Å². The van der Waals surface area contributed by atoms with Crippen LogP contribution < -0.4 is 0 Å². The molecule has 2 heterocycles. The number of benzene rings is 1. The van der Waals surface area contributed by atoms with Gasteiger partial charge in [-0.3, -0.25) is 4.79 Å². The SMILES string of the molecule is O=C(O)[C@@H]1[C@@H]2[C@H](CN1C(=O)c1cnn(-c3ccccc3C(F)(F)F)c1)[C@H]1C[C@@H]2[C@H](F)C1. The van der Waals surface area contributed by atoms with E-state index in [1.165, 1.54) is 29.3 Å². The van der Waals surface area contributed by atoms with Gasteiger partial charge < -0.3 is 10.0 Å². The van der Waals surface area contributed by atoms with E-state index in [1.807, 2.05) is 0 Å². The lowest BCUT2D eigenvalue weighted by molar-refractivity contribution is -0.143. The largest absolute Gasteiger partial charge is 0.480 e. The molecule has 5 rings (SSSR count). The highest BCUT2D eigenvalue weighted by atomic mass is 19.4. The Morgan fingerprint density at radius 1 is 1.13 bits per heavy atom. The lowest BCUT2D eigenvalue weighted by Crippen LogP contribution is -2.45. The summed E-state index contributed by atoms with van der Waals surface area (Å²) in [6.07, 6.45) is -2.30. The van der Waals surface area contributed by atoms with Crippen LogP contribution in [0.4, 0.5) is 17.6 Å². The Morgan fingerprint density at radius 2 is 1.87 bits per heavy atom. The number of alkyl halides is 4. The van der Waals surface area contributed by atoms with Crippen molar-refractivity contribution in [2.75, 3.05) is 6.54 Å². The molecule has 3 fully saturated rings. The van der Waals surface area contributed by atoms with Gasteiger partial charge in [-0.1, -0.05) is 12.1 Å². The Morgan fingerprint density at radius 3 is 2.58 bits per heavy atom. The van der Waals surface area contributed by atoms with Gasteiger partial charge in [-0.15, -0.1) is 0 Å². The van der Waals surface area contributed by atoms with Crippen LogP contribution in [0.3, 0.4) is 0 Å². The Bertz CT molecular complexity index is 1050. The molecule has 6 nitrogen and oxygen atoms in total. The summed E-state index contributed by atoms with van der Waals surface area (Å²) in [6.45, 7) is 0.207. The summed E-state index contributed by atoms with van der Waals surface area (Å²) in [7, 11) is 0. The molecule has 0 radical (unpaired) electrons. The minimum absolute atomic E-state index is 0.00709. The van der Waals surface area contributed by atoms with Crippen LogP contribution in [-0.4, -0.2) is 50.4 Å². The third-order valence-electron chi connectivity index (χ3n) is 7.07. The molecule has 1 N–H and O–H groups in total. The van der Waals surface area contributed by atoms with Crippen LogP contribution in [0.5, 0.6) is 0 Å². The van der Waals surface area contributed by atoms with Gasteiger partial charge in [0.1, 0.15) is 12.2 Å². The van der Waals surface area contributed by atoms with E-state index in [0.717, 1.165) is 16.9 Å². The van der Waals surface area contributed by atoms with E-state index in [4.69, 9.17) is 0 Å². The number of aliphatic carboxylic acids is 1. The molecule has 2 aromatic rings. The molecule has 6 atom stereocenters. The average molecular weight is 437 g/mol. The molecule has 0 spiro atoms. The van der Waals surface area contributed by atoms with Gasteiger partial charge in [-0.25, -0.2) is 13.9 Å². The number of carbonyl (C=O) groups is 2. The van der Waals surface area contributed by atoms with Crippen LogP contribution >= 0.6 is 0 Å². The van der Waals surface area contributed by atoms with Gasteiger partial charge >= 0.3 is 12.1 Å². The number of hydrogen-bond acceptors (Lipinski definition) is 3. The van der Waals surface area contributed by atoms with Crippen LogP contribution in [0.1, 0.15) is 28.8 Å². The Kier molecular flexibility index (Phi) is 4.39. The van der Waals surface area contributed by atoms with Gasteiger partial charge in [-0.2, -0.15) is 18.3 Å². The van der Waals surface area contributed by atoms with Crippen molar-refractivity contribution in [3.63, 3.8) is 0 Å². The summed E-state index contributed by atoms with van der Waals surface area (Å²) in [4.78, 5) is 26.3. The van der Waals surface area contributed by atoms with Crippen molar-refractivity contribution in [2.45, 2.75) is 31.2 Å². The maximum absolute atomic E-state index is 14.3. The number of rotatable bonds is 3. The summed E-state index contributed by atoms with van der Waals surface area (Å²) >= 11 is 0. The number of hydrogen-bond donors (Lipinski definition) is 1. The second-order valence-corrected chi connectivity index (χ2v) is 8.58. The number of carboxylic acids is 1. The summed E-state index contributed by atoms with van der Waals surface area (Å²) in [5, 5.41) is 13.7. The van der Waals surface area contributed by atoms with Crippen molar-refractivity contribution in [3.05, 3.63) is 47.8 Å². The van der Waals surface area contributed by atoms with Gasteiger partial charge in [0.15, 0.2) is 0 Å². The molecule has 3 aliphatic rings. The van der Waals surface area contributed by atoms with E-state index in [1.54, 1.807) is 0 Å². The summed E-state index contributed by atoms with van der Waals surface area (Å²) < 4.78 is 55.2. The van der Waals surface area contributed by atoms with Gasteiger partial charge in [0.25, 0.3) is 5.91 Å². The van der Waals surface area contributed by atoms with E-state index in [0.29, 0.717) is 12.8 Å². The van der Waals surface area contributed by atoms with E-state index < -0.39 is 41.7 Å². The van der Waals surface area contributed by atoms with Crippen molar-refractivity contribution >= 4 is 11.9 Å². The molecule has 2 bridgehead atoms. The molecule has 1 aromatic carbocycles. The normalized spacial score (nSPS) is 31.8. The summed E-state index contributed by atoms with van der Waals surface area (Å²) in [5.41, 5.74) is -1.14. The number of aromatic nitrogens is 2. The van der Waals surface area contributed by atoms with Crippen molar-refractivity contribution < 1.29 is 32.3 Å². The fourth-order valence-electron chi connectivity index (χ4n) is 5.88. The van der Waals surface area contributed by atoms with E-state index >= 15 is 0 Å². The van der Waals surface area contributed by atoms with E-state index in [9.17, 15) is 32.3 Å². The third-order valence-corrected chi connectivity index (χ3v) is 7.07. The molecule has 1 amide bonds. The third kappa shape index (κ3) is 3.02. The molecule has 1 aromatic heterocycles. The van der Waals surface area contributed by atoms with Gasteiger partial charge in [-0.05, 0) is 42.7 Å². The Labute approximate surface area is 174 Å². The van der Waals surface area contributed by atoms with Crippen molar-refractivity contribution in [3.8, 4) is 5.69 Å². The lowest BCUT2D eigenvalue weighted by atomic mass is 9.77. The number of nitrogens with zero attached hydrogens (tertiary/aromatic N) is 3. The van der Waals surface area contributed by atoms with Crippen LogP contribution in [-0.2, 0) is 11.0 Å².